The summed E-state index contributed by atoms with van der Waals surface area (Å²) >= 11 is 10.5. The Bertz CT molecular complexity index is 1050. The standard InChI is InChI=1S/C20H23ClFN5O2S/c21-12-6-15-16(9-27(30)20(15)24-7-12)18-23-8-17(22)19(26-18)25-13-3-1-2-11(4-13)5-14(29)10-28/h6-9,11,13-14,28-30H,1-5,10H2,(H,23,25,26). The maximum Gasteiger partial charge on any atom is 0.183 e. The van der Waals surface area contributed by atoms with Crippen LogP contribution in [0.2, 0.25) is 5.02 Å². The molecule has 0 aliphatic heterocycles. The molecule has 0 spiro atoms. The molecular weight excluding hydrogens is 429 g/mol. The van der Waals surface area contributed by atoms with Gasteiger partial charge in [-0.05, 0) is 31.2 Å². The van der Waals surface area contributed by atoms with E-state index in [0.29, 0.717) is 28.5 Å². The minimum absolute atomic E-state index is 0.0363. The lowest BCUT2D eigenvalue weighted by molar-refractivity contribution is 0.0672. The molecule has 1 aliphatic carbocycles. The topological polar surface area (TPSA) is 96.1 Å². The predicted molar refractivity (Wildman–Crippen MR) is 117 cm³/mol. The molecule has 30 heavy (non-hydrogen) atoms. The summed E-state index contributed by atoms with van der Waals surface area (Å²) in [6.45, 7) is -0.240. The number of rotatable bonds is 6. The minimum atomic E-state index is -0.713. The lowest BCUT2D eigenvalue weighted by atomic mass is 9.82. The third kappa shape index (κ3) is 4.54. The summed E-state index contributed by atoms with van der Waals surface area (Å²) in [7, 11) is 0. The Morgan fingerprint density at radius 1 is 1.33 bits per heavy atom. The Kier molecular flexibility index (Phi) is 6.43. The van der Waals surface area contributed by atoms with E-state index in [2.05, 4.69) is 33.1 Å². The van der Waals surface area contributed by atoms with Gasteiger partial charge in [0.1, 0.15) is 0 Å². The number of anilines is 1. The zero-order valence-electron chi connectivity index (χ0n) is 16.2. The summed E-state index contributed by atoms with van der Waals surface area (Å²) in [5.74, 6) is 0.243. The summed E-state index contributed by atoms with van der Waals surface area (Å²) in [6, 6.07) is 1.79. The highest BCUT2D eigenvalue weighted by Gasteiger charge is 2.25. The van der Waals surface area contributed by atoms with Crippen molar-refractivity contribution < 1.29 is 14.6 Å². The van der Waals surface area contributed by atoms with Gasteiger partial charge in [-0.1, -0.05) is 37.3 Å². The molecule has 1 fully saturated rings. The Hall–Kier alpha value is -1.94. The number of pyridine rings is 1. The Balaban J connectivity index is 1.58. The van der Waals surface area contributed by atoms with Gasteiger partial charge in [0.25, 0.3) is 0 Å². The van der Waals surface area contributed by atoms with E-state index in [-0.39, 0.29) is 24.4 Å². The third-order valence-electron chi connectivity index (χ3n) is 5.52. The van der Waals surface area contributed by atoms with Crippen LogP contribution in [0.3, 0.4) is 0 Å². The van der Waals surface area contributed by atoms with Gasteiger partial charge in [-0.25, -0.2) is 19.3 Å². The fourth-order valence-corrected chi connectivity index (χ4v) is 4.56. The van der Waals surface area contributed by atoms with E-state index >= 15 is 0 Å². The van der Waals surface area contributed by atoms with Crippen molar-refractivity contribution in [3.63, 3.8) is 0 Å². The SMILES string of the molecule is OCC(O)CC1CCCC(Nc2nc(-c3cn(S)c4ncc(Cl)cc34)ncc2F)C1. The first-order valence-electron chi connectivity index (χ1n) is 9.88. The zero-order chi connectivity index (χ0) is 21.3. The highest BCUT2D eigenvalue weighted by molar-refractivity contribution is 7.78. The molecule has 1 saturated carbocycles. The third-order valence-corrected chi connectivity index (χ3v) is 6.03. The number of thiol groups is 1. The minimum Gasteiger partial charge on any atom is -0.394 e. The zero-order valence-corrected chi connectivity index (χ0v) is 17.8. The molecule has 3 atom stereocenters. The number of aliphatic hydroxyl groups excluding tert-OH is 2. The van der Waals surface area contributed by atoms with Gasteiger partial charge in [-0.15, -0.1) is 0 Å². The molecule has 3 unspecified atom stereocenters. The highest BCUT2D eigenvalue weighted by atomic mass is 35.5. The van der Waals surface area contributed by atoms with Gasteiger partial charge in [-0.3, -0.25) is 3.97 Å². The smallest absolute Gasteiger partial charge is 0.183 e. The summed E-state index contributed by atoms with van der Waals surface area (Å²) in [5.41, 5.74) is 1.27. The lowest BCUT2D eigenvalue weighted by Gasteiger charge is -2.31. The molecule has 3 aromatic rings. The van der Waals surface area contributed by atoms with Crippen LogP contribution in [0.1, 0.15) is 32.1 Å². The quantitative estimate of drug-likeness (QED) is 0.427. The Morgan fingerprint density at radius 2 is 2.17 bits per heavy atom. The van der Waals surface area contributed by atoms with E-state index in [9.17, 15) is 9.50 Å². The summed E-state index contributed by atoms with van der Waals surface area (Å²) < 4.78 is 16.0. The van der Waals surface area contributed by atoms with E-state index in [4.69, 9.17) is 16.7 Å². The van der Waals surface area contributed by atoms with Crippen LogP contribution in [-0.4, -0.2) is 47.9 Å². The molecule has 1 aliphatic rings. The van der Waals surface area contributed by atoms with Gasteiger partial charge in [0.05, 0.1) is 23.9 Å². The molecule has 3 aromatic heterocycles. The van der Waals surface area contributed by atoms with Gasteiger partial charge in [0.15, 0.2) is 23.1 Å². The van der Waals surface area contributed by atoms with Crippen LogP contribution in [0.4, 0.5) is 10.2 Å². The van der Waals surface area contributed by atoms with Crippen LogP contribution in [0.15, 0.2) is 24.7 Å². The molecular formula is C20H23ClFN5O2S. The number of hydrogen-bond acceptors (Lipinski definition) is 7. The molecule has 160 valence electrons. The van der Waals surface area contributed by atoms with Crippen molar-refractivity contribution in [2.75, 3.05) is 11.9 Å². The lowest BCUT2D eigenvalue weighted by Crippen LogP contribution is -2.30. The van der Waals surface area contributed by atoms with Crippen LogP contribution < -0.4 is 5.32 Å². The molecule has 0 aromatic carbocycles. The summed E-state index contributed by atoms with van der Waals surface area (Å²) in [6.07, 6.45) is 7.87. The summed E-state index contributed by atoms with van der Waals surface area (Å²) in [5, 5.41) is 23.2. The first-order valence-corrected chi connectivity index (χ1v) is 10.7. The highest BCUT2D eigenvalue weighted by Crippen LogP contribution is 2.32. The summed E-state index contributed by atoms with van der Waals surface area (Å²) in [4.78, 5) is 12.9. The maximum absolute atomic E-state index is 14.5. The van der Waals surface area contributed by atoms with Crippen molar-refractivity contribution >= 4 is 41.3 Å². The van der Waals surface area contributed by atoms with Crippen LogP contribution in [-0.2, 0) is 0 Å². The number of aromatic nitrogens is 4. The number of halogens is 2. The van der Waals surface area contributed by atoms with E-state index in [1.807, 2.05) is 0 Å². The van der Waals surface area contributed by atoms with E-state index in [0.717, 1.165) is 37.3 Å². The number of aliphatic hydroxyl groups is 2. The van der Waals surface area contributed by atoms with Crippen molar-refractivity contribution in [3.8, 4) is 11.4 Å². The van der Waals surface area contributed by atoms with Crippen LogP contribution in [0, 0.1) is 11.7 Å². The van der Waals surface area contributed by atoms with Gasteiger partial charge < -0.3 is 15.5 Å². The number of hydrogen-bond donors (Lipinski definition) is 4. The van der Waals surface area contributed by atoms with E-state index in [1.54, 1.807) is 16.2 Å². The van der Waals surface area contributed by atoms with Gasteiger partial charge in [0, 0.05) is 29.4 Å². The second-order valence-electron chi connectivity index (χ2n) is 7.75. The number of fused-ring (bicyclic) bond motifs is 1. The monoisotopic (exact) mass is 451 g/mol. The molecule has 3 heterocycles. The Morgan fingerprint density at radius 3 is 2.97 bits per heavy atom. The predicted octanol–water partition coefficient (Wildman–Crippen LogP) is 3.69. The Labute approximate surface area is 183 Å². The number of nitrogens with zero attached hydrogens (tertiary/aromatic N) is 4. The fourth-order valence-electron chi connectivity index (χ4n) is 4.13. The molecule has 0 radical (unpaired) electrons. The first kappa shape index (κ1) is 21.3. The second kappa shape index (κ2) is 9.05. The normalized spacial score (nSPS) is 20.4. The van der Waals surface area contributed by atoms with Gasteiger partial charge >= 0.3 is 0 Å². The molecule has 10 heteroatoms. The van der Waals surface area contributed by atoms with Crippen molar-refractivity contribution in [3.05, 3.63) is 35.5 Å². The van der Waals surface area contributed by atoms with Crippen LogP contribution in [0.25, 0.3) is 22.4 Å². The van der Waals surface area contributed by atoms with Gasteiger partial charge in [0.2, 0.25) is 0 Å². The average Bonchev–Trinajstić information content (AvgIpc) is 3.05. The molecule has 7 nitrogen and oxygen atoms in total. The second-order valence-corrected chi connectivity index (χ2v) is 8.62. The van der Waals surface area contributed by atoms with Gasteiger partial charge in [-0.2, -0.15) is 0 Å². The largest absolute Gasteiger partial charge is 0.394 e. The van der Waals surface area contributed by atoms with Crippen LogP contribution in [0.5, 0.6) is 0 Å². The molecule has 0 saturated heterocycles. The molecule has 0 bridgehead atoms. The van der Waals surface area contributed by atoms with E-state index < -0.39 is 11.9 Å². The molecule has 3 N–H and O–H groups in total. The molecule has 4 rings (SSSR count). The van der Waals surface area contributed by atoms with Crippen molar-refractivity contribution in [1.82, 2.24) is 18.9 Å². The van der Waals surface area contributed by atoms with Crippen molar-refractivity contribution in [1.29, 1.82) is 0 Å². The molecule has 0 amide bonds. The van der Waals surface area contributed by atoms with Crippen molar-refractivity contribution in [2.24, 2.45) is 5.92 Å². The maximum atomic E-state index is 14.5. The van der Waals surface area contributed by atoms with Crippen LogP contribution >= 0.6 is 24.4 Å². The average molecular weight is 452 g/mol. The van der Waals surface area contributed by atoms with E-state index in [1.165, 1.54) is 6.20 Å². The first-order chi connectivity index (χ1) is 14.4. The number of nitrogens with one attached hydrogen (secondary N) is 1. The van der Waals surface area contributed by atoms with Crippen molar-refractivity contribution in [2.45, 2.75) is 44.2 Å². The fraction of sp³-hybridized carbons (Fsp3) is 0.450.